The minimum absolute atomic E-state index is 0.0844. The number of imidazole rings is 1. The topological polar surface area (TPSA) is 47.4 Å². The number of para-hydroxylation sites is 1. The molecule has 0 atom stereocenters. The van der Waals surface area contributed by atoms with Crippen molar-refractivity contribution in [3.8, 4) is 0 Å². The molecule has 0 saturated heterocycles. The highest BCUT2D eigenvalue weighted by molar-refractivity contribution is 6.41. The van der Waals surface area contributed by atoms with Crippen LogP contribution in [0.25, 0.3) is 0 Å². The average Bonchev–Trinajstić information content (AvgIpc) is 2.80. The molecular formula is C14H15Cl2N3O2. The lowest BCUT2D eigenvalue weighted by Crippen LogP contribution is -2.29. The first kappa shape index (κ1) is 15.8. The Morgan fingerprint density at radius 2 is 2.00 bits per heavy atom. The molecule has 1 heterocycles. The summed E-state index contributed by atoms with van der Waals surface area (Å²) in [6.45, 7) is 2.47. The standard InChI is InChI=1S/C14H15Cl2N3O2/c1-3-21-9-19-12(16)11(15)17-13(19)14(20)18(2)10-7-5-4-6-8-10/h4-8H,3,9H2,1-2H3. The van der Waals surface area contributed by atoms with E-state index in [0.29, 0.717) is 6.61 Å². The van der Waals surface area contributed by atoms with E-state index in [2.05, 4.69) is 4.98 Å². The molecule has 0 N–H and O–H groups in total. The molecule has 0 radical (unpaired) electrons. The predicted molar refractivity (Wildman–Crippen MR) is 83.0 cm³/mol. The van der Waals surface area contributed by atoms with Gasteiger partial charge in [0, 0.05) is 19.3 Å². The van der Waals surface area contributed by atoms with E-state index in [0.717, 1.165) is 5.69 Å². The van der Waals surface area contributed by atoms with E-state index in [-0.39, 0.29) is 28.8 Å². The average molecular weight is 328 g/mol. The van der Waals surface area contributed by atoms with Gasteiger partial charge in [-0.25, -0.2) is 4.98 Å². The van der Waals surface area contributed by atoms with Gasteiger partial charge in [-0.3, -0.25) is 9.36 Å². The van der Waals surface area contributed by atoms with Gasteiger partial charge in [0.1, 0.15) is 11.9 Å². The highest BCUT2D eigenvalue weighted by Gasteiger charge is 2.23. The third kappa shape index (κ3) is 3.37. The number of carbonyl (C=O) groups excluding carboxylic acids is 1. The number of hydrogen-bond acceptors (Lipinski definition) is 3. The second kappa shape index (κ2) is 6.93. The first-order chi connectivity index (χ1) is 10.1. The summed E-state index contributed by atoms with van der Waals surface area (Å²) >= 11 is 12.0. The second-order valence-corrected chi connectivity index (χ2v) is 4.98. The Hall–Kier alpha value is -1.56. The molecule has 0 spiro atoms. The molecule has 0 saturated carbocycles. The van der Waals surface area contributed by atoms with E-state index >= 15 is 0 Å². The zero-order chi connectivity index (χ0) is 15.4. The summed E-state index contributed by atoms with van der Waals surface area (Å²) in [4.78, 5) is 18.1. The molecule has 0 aliphatic rings. The Labute approximate surface area is 133 Å². The zero-order valence-electron chi connectivity index (χ0n) is 11.7. The Bertz CT molecular complexity index is 629. The van der Waals surface area contributed by atoms with Crippen molar-refractivity contribution in [1.82, 2.24) is 9.55 Å². The van der Waals surface area contributed by atoms with Crippen LogP contribution in [0.15, 0.2) is 30.3 Å². The maximum Gasteiger partial charge on any atom is 0.294 e. The Morgan fingerprint density at radius 3 is 2.62 bits per heavy atom. The maximum atomic E-state index is 12.6. The monoisotopic (exact) mass is 327 g/mol. The van der Waals surface area contributed by atoms with Crippen LogP contribution in [0.1, 0.15) is 17.5 Å². The summed E-state index contributed by atoms with van der Waals surface area (Å²) in [6, 6.07) is 9.25. The largest absolute Gasteiger partial charge is 0.361 e. The number of ether oxygens (including phenoxy) is 1. The van der Waals surface area contributed by atoms with Crippen molar-refractivity contribution in [2.45, 2.75) is 13.7 Å². The molecule has 1 aromatic heterocycles. The van der Waals surface area contributed by atoms with Crippen LogP contribution in [-0.4, -0.2) is 29.1 Å². The highest BCUT2D eigenvalue weighted by Crippen LogP contribution is 2.24. The van der Waals surface area contributed by atoms with Gasteiger partial charge in [-0.2, -0.15) is 0 Å². The van der Waals surface area contributed by atoms with Gasteiger partial charge in [-0.15, -0.1) is 0 Å². The van der Waals surface area contributed by atoms with Crippen molar-refractivity contribution in [2.75, 3.05) is 18.6 Å². The highest BCUT2D eigenvalue weighted by atomic mass is 35.5. The first-order valence-electron chi connectivity index (χ1n) is 6.38. The number of nitrogens with zero attached hydrogens (tertiary/aromatic N) is 3. The molecule has 1 amide bonds. The van der Waals surface area contributed by atoms with Crippen molar-refractivity contribution in [3.05, 3.63) is 46.5 Å². The molecule has 0 unspecified atom stereocenters. The lowest BCUT2D eigenvalue weighted by atomic mass is 10.3. The zero-order valence-corrected chi connectivity index (χ0v) is 13.2. The van der Waals surface area contributed by atoms with Gasteiger partial charge in [0.15, 0.2) is 5.15 Å². The summed E-state index contributed by atoms with van der Waals surface area (Å²) in [5, 5.41) is 0.274. The van der Waals surface area contributed by atoms with Crippen molar-refractivity contribution in [2.24, 2.45) is 0 Å². The molecule has 2 aromatic rings. The first-order valence-corrected chi connectivity index (χ1v) is 7.14. The van der Waals surface area contributed by atoms with Gasteiger partial charge in [-0.05, 0) is 19.1 Å². The number of amides is 1. The Balaban J connectivity index is 2.32. The van der Waals surface area contributed by atoms with E-state index in [4.69, 9.17) is 27.9 Å². The number of rotatable bonds is 5. The number of aromatic nitrogens is 2. The molecule has 2 rings (SSSR count). The fourth-order valence-electron chi connectivity index (χ4n) is 1.79. The van der Waals surface area contributed by atoms with Crippen LogP contribution in [0.4, 0.5) is 5.69 Å². The van der Waals surface area contributed by atoms with Gasteiger partial charge in [0.05, 0.1) is 0 Å². The molecule has 0 bridgehead atoms. The Kier molecular flexibility index (Phi) is 5.22. The summed E-state index contributed by atoms with van der Waals surface area (Å²) < 4.78 is 6.75. The van der Waals surface area contributed by atoms with Crippen LogP contribution in [0.3, 0.4) is 0 Å². The quantitative estimate of drug-likeness (QED) is 0.844. The van der Waals surface area contributed by atoms with Crippen LogP contribution < -0.4 is 4.90 Å². The number of benzene rings is 1. The molecule has 7 heteroatoms. The SMILES string of the molecule is CCOCn1c(C(=O)N(C)c2ccccc2)nc(Cl)c1Cl. The van der Waals surface area contributed by atoms with Crippen molar-refractivity contribution >= 4 is 34.8 Å². The smallest absolute Gasteiger partial charge is 0.294 e. The van der Waals surface area contributed by atoms with Crippen molar-refractivity contribution in [1.29, 1.82) is 0 Å². The van der Waals surface area contributed by atoms with E-state index in [1.165, 1.54) is 9.47 Å². The molecule has 0 fully saturated rings. The number of carbonyl (C=O) groups is 1. The van der Waals surface area contributed by atoms with Crippen LogP contribution >= 0.6 is 23.2 Å². The minimum Gasteiger partial charge on any atom is -0.361 e. The molecular weight excluding hydrogens is 313 g/mol. The fourth-order valence-corrected chi connectivity index (χ4v) is 2.14. The minimum atomic E-state index is -0.310. The van der Waals surface area contributed by atoms with Gasteiger partial charge in [0.25, 0.3) is 5.91 Å². The van der Waals surface area contributed by atoms with Gasteiger partial charge >= 0.3 is 0 Å². The van der Waals surface area contributed by atoms with Crippen LogP contribution in [0.2, 0.25) is 10.3 Å². The lowest BCUT2D eigenvalue weighted by Gasteiger charge is -2.17. The third-order valence-corrected chi connectivity index (χ3v) is 3.67. The van der Waals surface area contributed by atoms with Crippen LogP contribution in [0.5, 0.6) is 0 Å². The predicted octanol–water partition coefficient (Wildman–Crippen LogP) is 3.46. The van der Waals surface area contributed by atoms with Crippen molar-refractivity contribution in [3.63, 3.8) is 0 Å². The fraction of sp³-hybridized carbons (Fsp3) is 0.286. The second-order valence-electron chi connectivity index (χ2n) is 4.27. The molecule has 0 aliphatic carbocycles. The van der Waals surface area contributed by atoms with Crippen LogP contribution in [-0.2, 0) is 11.5 Å². The van der Waals surface area contributed by atoms with Crippen molar-refractivity contribution < 1.29 is 9.53 Å². The van der Waals surface area contributed by atoms with E-state index in [9.17, 15) is 4.79 Å². The van der Waals surface area contributed by atoms with Gasteiger partial charge < -0.3 is 9.64 Å². The lowest BCUT2D eigenvalue weighted by molar-refractivity contribution is 0.0805. The number of hydrogen-bond donors (Lipinski definition) is 0. The third-order valence-electron chi connectivity index (χ3n) is 2.93. The van der Waals surface area contributed by atoms with Crippen LogP contribution in [0, 0.1) is 0 Å². The maximum absolute atomic E-state index is 12.6. The van der Waals surface area contributed by atoms with Gasteiger partial charge in [-0.1, -0.05) is 41.4 Å². The van der Waals surface area contributed by atoms with E-state index < -0.39 is 0 Å². The molecule has 1 aromatic carbocycles. The summed E-state index contributed by atoms with van der Waals surface area (Å²) in [5.74, 6) is -0.167. The number of halogens is 2. The molecule has 112 valence electrons. The molecule has 0 aliphatic heterocycles. The summed E-state index contributed by atoms with van der Waals surface area (Å²) in [5.41, 5.74) is 0.751. The van der Waals surface area contributed by atoms with Gasteiger partial charge in [0.2, 0.25) is 5.82 Å². The normalized spacial score (nSPS) is 10.7. The van der Waals surface area contributed by atoms with E-state index in [1.807, 2.05) is 37.3 Å². The number of anilines is 1. The summed E-state index contributed by atoms with van der Waals surface area (Å²) in [6.07, 6.45) is 0. The Morgan fingerprint density at radius 1 is 1.33 bits per heavy atom. The summed E-state index contributed by atoms with van der Waals surface area (Å²) in [7, 11) is 1.67. The molecule has 21 heavy (non-hydrogen) atoms. The van der Waals surface area contributed by atoms with E-state index in [1.54, 1.807) is 7.05 Å². The molecule has 5 nitrogen and oxygen atoms in total.